The monoisotopic (exact) mass is 278 g/mol. The molecule has 1 aromatic heterocycles. The lowest BCUT2D eigenvalue weighted by atomic mass is 10.1. The van der Waals surface area contributed by atoms with Crippen molar-refractivity contribution in [1.29, 1.82) is 0 Å². The fourth-order valence-corrected chi connectivity index (χ4v) is 2.73. The summed E-state index contributed by atoms with van der Waals surface area (Å²) >= 11 is 1.66. The van der Waals surface area contributed by atoms with E-state index in [1.807, 2.05) is 17.5 Å². The van der Waals surface area contributed by atoms with Gasteiger partial charge in [-0.2, -0.15) is 0 Å². The van der Waals surface area contributed by atoms with Gasteiger partial charge in [-0.1, -0.05) is 13.0 Å². The first kappa shape index (κ1) is 13.5. The number of rotatable bonds is 5. The van der Waals surface area contributed by atoms with Gasteiger partial charge in [0, 0.05) is 10.6 Å². The molecule has 0 radical (unpaired) electrons. The third-order valence-electron chi connectivity index (χ3n) is 2.87. The highest BCUT2D eigenvalue weighted by atomic mass is 32.1. The van der Waals surface area contributed by atoms with Gasteiger partial charge in [-0.05, 0) is 36.1 Å². The summed E-state index contributed by atoms with van der Waals surface area (Å²) in [6, 6.07) is 8.50. The highest BCUT2D eigenvalue weighted by Crippen LogP contribution is 2.26. The van der Waals surface area contributed by atoms with Crippen molar-refractivity contribution in [3.8, 4) is 0 Å². The van der Waals surface area contributed by atoms with Crippen LogP contribution in [-0.2, 0) is 0 Å². The molecule has 5 heteroatoms. The number of anilines is 1. The summed E-state index contributed by atoms with van der Waals surface area (Å²) < 4.78 is 13.4. The average molecular weight is 278 g/mol. The lowest BCUT2D eigenvalue weighted by Gasteiger charge is -2.17. The van der Waals surface area contributed by atoms with E-state index in [1.165, 1.54) is 17.0 Å². The van der Waals surface area contributed by atoms with Crippen molar-refractivity contribution in [3.05, 3.63) is 52.0 Å². The van der Waals surface area contributed by atoms with E-state index in [1.54, 1.807) is 17.4 Å². The van der Waals surface area contributed by atoms with Gasteiger partial charge in [0.1, 0.15) is 5.82 Å². The molecule has 0 saturated carbocycles. The molecule has 0 aliphatic heterocycles. The Kier molecular flexibility index (Phi) is 4.16. The van der Waals surface area contributed by atoms with Crippen LogP contribution in [0.5, 0.6) is 0 Å². The second-order valence-electron chi connectivity index (χ2n) is 4.18. The molecule has 0 bridgehead atoms. The number of hydrogen-bond donors (Lipinski definition) is 2. The number of amides is 1. The predicted molar refractivity (Wildman–Crippen MR) is 75.9 cm³/mol. The first-order valence-electron chi connectivity index (χ1n) is 6.01. The summed E-state index contributed by atoms with van der Waals surface area (Å²) in [5.74, 6) is -1.35. The number of carbonyl (C=O) groups excluding carboxylic acids is 1. The van der Waals surface area contributed by atoms with Gasteiger partial charge in [-0.15, -0.1) is 11.3 Å². The molecule has 1 amide bonds. The van der Waals surface area contributed by atoms with Crippen LogP contribution in [0.2, 0.25) is 0 Å². The van der Waals surface area contributed by atoms with Gasteiger partial charge in [0.05, 0.1) is 11.6 Å². The molecule has 1 atom stereocenters. The van der Waals surface area contributed by atoms with Gasteiger partial charge >= 0.3 is 0 Å². The summed E-state index contributed by atoms with van der Waals surface area (Å²) in [7, 11) is 0. The van der Waals surface area contributed by atoms with Crippen LogP contribution in [0.3, 0.4) is 0 Å². The molecule has 0 aliphatic rings. The summed E-state index contributed by atoms with van der Waals surface area (Å²) in [5.41, 5.74) is 5.74. The molecule has 100 valence electrons. The van der Waals surface area contributed by atoms with Gasteiger partial charge in [0.2, 0.25) is 0 Å². The molecule has 19 heavy (non-hydrogen) atoms. The third-order valence-corrected chi connectivity index (χ3v) is 3.85. The highest BCUT2D eigenvalue weighted by molar-refractivity contribution is 7.10. The topological polar surface area (TPSA) is 55.1 Å². The van der Waals surface area contributed by atoms with E-state index < -0.39 is 11.7 Å². The van der Waals surface area contributed by atoms with Crippen molar-refractivity contribution in [3.63, 3.8) is 0 Å². The Morgan fingerprint density at radius 2 is 2.26 bits per heavy atom. The SMILES string of the molecule is CCC(Nc1ccc(F)c(C(N)=O)c1)c1cccs1. The normalized spacial score (nSPS) is 12.1. The van der Waals surface area contributed by atoms with E-state index in [0.29, 0.717) is 5.69 Å². The maximum atomic E-state index is 13.4. The van der Waals surface area contributed by atoms with Gasteiger partial charge < -0.3 is 11.1 Å². The Labute approximate surface area is 115 Å². The van der Waals surface area contributed by atoms with Crippen LogP contribution < -0.4 is 11.1 Å². The van der Waals surface area contributed by atoms with E-state index in [0.717, 1.165) is 6.42 Å². The Morgan fingerprint density at radius 1 is 1.47 bits per heavy atom. The molecule has 3 N–H and O–H groups in total. The van der Waals surface area contributed by atoms with Crippen LogP contribution in [0, 0.1) is 5.82 Å². The number of primary amides is 1. The fourth-order valence-electron chi connectivity index (χ4n) is 1.87. The Balaban J connectivity index is 2.23. The molecular weight excluding hydrogens is 263 g/mol. The predicted octanol–water partition coefficient (Wildman–Crippen LogP) is 3.55. The van der Waals surface area contributed by atoms with E-state index in [-0.39, 0.29) is 11.6 Å². The van der Waals surface area contributed by atoms with Crippen LogP contribution in [-0.4, -0.2) is 5.91 Å². The number of halogens is 1. The van der Waals surface area contributed by atoms with Crippen molar-refractivity contribution < 1.29 is 9.18 Å². The van der Waals surface area contributed by atoms with Crippen LogP contribution in [0.4, 0.5) is 10.1 Å². The number of nitrogens with two attached hydrogens (primary N) is 1. The molecule has 0 aliphatic carbocycles. The minimum absolute atomic E-state index is 0.0916. The molecule has 0 fully saturated rings. The molecule has 0 spiro atoms. The minimum Gasteiger partial charge on any atom is -0.377 e. The van der Waals surface area contributed by atoms with Gasteiger partial charge in [0.15, 0.2) is 0 Å². The largest absolute Gasteiger partial charge is 0.377 e. The Hall–Kier alpha value is -1.88. The van der Waals surface area contributed by atoms with Gasteiger partial charge in [-0.25, -0.2) is 4.39 Å². The summed E-state index contributed by atoms with van der Waals surface area (Å²) in [4.78, 5) is 12.3. The van der Waals surface area contributed by atoms with Gasteiger partial charge in [-0.3, -0.25) is 4.79 Å². The van der Waals surface area contributed by atoms with Crippen LogP contribution >= 0.6 is 11.3 Å². The van der Waals surface area contributed by atoms with E-state index in [4.69, 9.17) is 5.73 Å². The van der Waals surface area contributed by atoms with E-state index in [2.05, 4.69) is 12.2 Å². The second-order valence-corrected chi connectivity index (χ2v) is 5.16. The number of thiophene rings is 1. The van der Waals surface area contributed by atoms with Crippen LogP contribution in [0.1, 0.15) is 34.6 Å². The molecule has 1 unspecified atom stereocenters. The molecule has 2 aromatic rings. The maximum absolute atomic E-state index is 13.4. The molecule has 1 heterocycles. The van der Waals surface area contributed by atoms with Crippen molar-refractivity contribution >= 4 is 22.9 Å². The minimum atomic E-state index is -0.759. The highest BCUT2D eigenvalue weighted by Gasteiger charge is 2.13. The zero-order chi connectivity index (χ0) is 13.8. The third kappa shape index (κ3) is 3.12. The zero-order valence-electron chi connectivity index (χ0n) is 10.5. The number of nitrogens with one attached hydrogen (secondary N) is 1. The quantitative estimate of drug-likeness (QED) is 0.878. The summed E-state index contributed by atoms with van der Waals surface area (Å²) in [6.07, 6.45) is 0.893. The Bertz CT molecular complexity index is 569. The molecule has 3 nitrogen and oxygen atoms in total. The summed E-state index contributed by atoms with van der Waals surface area (Å²) in [6.45, 7) is 2.07. The lowest BCUT2D eigenvalue weighted by molar-refractivity contribution is 0.0996. The first-order chi connectivity index (χ1) is 9.11. The van der Waals surface area contributed by atoms with Crippen molar-refractivity contribution in [2.24, 2.45) is 5.73 Å². The van der Waals surface area contributed by atoms with Crippen molar-refractivity contribution in [1.82, 2.24) is 0 Å². The van der Waals surface area contributed by atoms with Gasteiger partial charge in [0.25, 0.3) is 5.91 Å². The molecule has 0 saturated heterocycles. The maximum Gasteiger partial charge on any atom is 0.251 e. The number of hydrogen-bond acceptors (Lipinski definition) is 3. The fraction of sp³-hybridized carbons (Fsp3) is 0.214. The van der Waals surface area contributed by atoms with Crippen LogP contribution in [0.15, 0.2) is 35.7 Å². The average Bonchev–Trinajstić information content (AvgIpc) is 2.91. The molecular formula is C14H15FN2OS. The second kappa shape index (κ2) is 5.84. The standard InChI is InChI=1S/C14H15FN2OS/c1-2-12(13-4-3-7-19-13)17-9-5-6-11(15)10(8-9)14(16)18/h3-8,12,17H,2H2,1H3,(H2,16,18). The Morgan fingerprint density at radius 3 is 2.84 bits per heavy atom. The van der Waals surface area contributed by atoms with Crippen LogP contribution in [0.25, 0.3) is 0 Å². The smallest absolute Gasteiger partial charge is 0.251 e. The zero-order valence-corrected chi connectivity index (χ0v) is 11.3. The van der Waals surface area contributed by atoms with E-state index >= 15 is 0 Å². The summed E-state index contributed by atoms with van der Waals surface area (Å²) in [5, 5.41) is 5.30. The number of carbonyl (C=O) groups is 1. The molecule has 2 rings (SSSR count). The van der Waals surface area contributed by atoms with Crippen molar-refractivity contribution in [2.75, 3.05) is 5.32 Å². The lowest BCUT2D eigenvalue weighted by Crippen LogP contribution is -2.14. The molecule has 1 aromatic carbocycles. The van der Waals surface area contributed by atoms with Crippen molar-refractivity contribution in [2.45, 2.75) is 19.4 Å². The number of benzene rings is 1. The first-order valence-corrected chi connectivity index (χ1v) is 6.89. The van der Waals surface area contributed by atoms with E-state index in [9.17, 15) is 9.18 Å².